The Hall–Kier alpha value is -3.09. The van der Waals surface area contributed by atoms with Gasteiger partial charge in [-0.2, -0.15) is 13.2 Å². The molecule has 3 rings (SSSR count). The quantitative estimate of drug-likeness (QED) is 0.240. The minimum Gasteiger partial charge on any atom is -0.354 e. The molecule has 1 N–H and O–H groups in total. The number of alkyl halides is 3. The van der Waals surface area contributed by atoms with E-state index in [-0.39, 0.29) is 23.9 Å². The summed E-state index contributed by atoms with van der Waals surface area (Å²) in [7, 11) is -4.31. The molecule has 232 valence electrons. The molecule has 0 radical (unpaired) electrons. The van der Waals surface area contributed by atoms with Crippen molar-refractivity contribution in [1.82, 2.24) is 10.2 Å². The van der Waals surface area contributed by atoms with Gasteiger partial charge in [0.1, 0.15) is 12.6 Å². The van der Waals surface area contributed by atoms with Crippen LogP contribution in [0.25, 0.3) is 0 Å². The van der Waals surface area contributed by atoms with E-state index in [1.807, 2.05) is 19.9 Å². The van der Waals surface area contributed by atoms with Crippen LogP contribution in [0.15, 0.2) is 77.3 Å². The van der Waals surface area contributed by atoms with E-state index in [9.17, 15) is 31.2 Å². The number of anilines is 1. The van der Waals surface area contributed by atoms with Gasteiger partial charge in [-0.05, 0) is 47.4 Å². The number of halogens is 5. The van der Waals surface area contributed by atoms with Gasteiger partial charge in [-0.3, -0.25) is 13.9 Å². The molecule has 0 aromatic heterocycles. The summed E-state index contributed by atoms with van der Waals surface area (Å²) in [5.41, 5.74) is -0.231. The van der Waals surface area contributed by atoms with Crippen LogP contribution in [-0.4, -0.2) is 50.5 Å². The second-order valence-electron chi connectivity index (χ2n) is 10.4. The molecular weight excluding hydrogens is 671 g/mol. The number of sulfonamides is 1. The molecule has 0 fully saturated rings. The predicted molar refractivity (Wildman–Crippen MR) is 165 cm³/mol. The van der Waals surface area contributed by atoms with Crippen molar-refractivity contribution in [2.24, 2.45) is 5.92 Å². The first kappa shape index (κ1) is 34.4. The van der Waals surface area contributed by atoms with E-state index in [1.54, 1.807) is 48.5 Å². The number of nitrogens with one attached hydrogen (secondary N) is 1. The lowest BCUT2D eigenvalue weighted by Crippen LogP contribution is -2.53. The summed E-state index contributed by atoms with van der Waals surface area (Å²) in [6, 6.07) is 17.2. The third kappa shape index (κ3) is 9.97. The fourth-order valence-electron chi connectivity index (χ4n) is 4.24. The Labute approximate surface area is 263 Å². The normalized spacial score (nSPS) is 12.6. The highest BCUT2D eigenvalue weighted by atomic mass is 79.9. The number of benzene rings is 3. The third-order valence-electron chi connectivity index (χ3n) is 6.44. The lowest BCUT2D eigenvalue weighted by atomic mass is 10.0. The van der Waals surface area contributed by atoms with Gasteiger partial charge in [0.05, 0.1) is 22.5 Å². The van der Waals surface area contributed by atoms with Crippen LogP contribution >= 0.6 is 27.5 Å². The van der Waals surface area contributed by atoms with Gasteiger partial charge in [-0.25, -0.2) is 8.42 Å². The number of carbonyl (C=O) groups excluding carboxylic acids is 2. The number of nitrogens with zero attached hydrogens (tertiary/aromatic N) is 2. The Morgan fingerprint density at radius 3 is 2.16 bits per heavy atom. The van der Waals surface area contributed by atoms with Crippen molar-refractivity contribution in [3.8, 4) is 0 Å². The number of hydrogen-bond donors (Lipinski definition) is 1. The highest BCUT2D eigenvalue weighted by Crippen LogP contribution is 2.36. The zero-order chi connectivity index (χ0) is 31.9. The average Bonchev–Trinajstić information content (AvgIpc) is 2.93. The van der Waals surface area contributed by atoms with Crippen molar-refractivity contribution in [2.45, 2.75) is 39.0 Å². The smallest absolute Gasteiger partial charge is 0.354 e. The molecule has 3 aromatic carbocycles. The molecule has 0 saturated carbocycles. The topological polar surface area (TPSA) is 86.8 Å². The van der Waals surface area contributed by atoms with E-state index in [1.165, 1.54) is 4.90 Å². The van der Waals surface area contributed by atoms with E-state index >= 15 is 0 Å². The standard InChI is InChI=1S/C30H32BrClF3N3O4S/c1-20(2)17-36-29(40)27(15-21-7-5-4-6-8-21)37(18-22-9-12-24(31)13-10-22)28(39)19-38(43(3,41)42)26-16-23(30(33,34)35)11-14-25(26)32/h4-14,16,20,27H,15,17-19H2,1-3H3,(H,36,40)/t27-/m1/s1. The monoisotopic (exact) mass is 701 g/mol. The van der Waals surface area contributed by atoms with E-state index in [0.29, 0.717) is 22.5 Å². The molecule has 0 spiro atoms. The Balaban J connectivity index is 2.10. The van der Waals surface area contributed by atoms with Crippen LogP contribution in [0.3, 0.4) is 0 Å². The van der Waals surface area contributed by atoms with Gasteiger partial charge < -0.3 is 10.2 Å². The van der Waals surface area contributed by atoms with E-state index < -0.39 is 51.9 Å². The zero-order valence-electron chi connectivity index (χ0n) is 23.7. The van der Waals surface area contributed by atoms with Gasteiger partial charge in [0.25, 0.3) is 0 Å². The van der Waals surface area contributed by atoms with Gasteiger partial charge in [0.15, 0.2) is 0 Å². The molecule has 0 unspecified atom stereocenters. The number of rotatable bonds is 12. The molecular formula is C30H32BrClF3N3O4S. The molecule has 7 nitrogen and oxygen atoms in total. The molecule has 13 heteroatoms. The Kier molecular flexibility index (Phi) is 11.7. The summed E-state index contributed by atoms with van der Waals surface area (Å²) in [5.74, 6) is -1.14. The largest absolute Gasteiger partial charge is 0.416 e. The van der Waals surface area contributed by atoms with Crippen LogP contribution in [0, 0.1) is 5.92 Å². The molecule has 1 atom stereocenters. The zero-order valence-corrected chi connectivity index (χ0v) is 26.9. The lowest BCUT2D eigenvalue weighted by molar-refractivity contribution is -0.140. The molecule has 2 amide bonds. The second-order valence-corrected chi connectivity index (χ2v) is 13.7. The maximum absolute atomic E-state index is 14.1. The minimum absolute atomic E-state index is 0.0767. The first-order chi connectivity index (χ1) is 20.1. The van der Waals surface area contributed by atoms with Crippen LogP contribution < -0.4 is 9.62 Å². The van der Waals surface area contributed by atoms with E-state index in [2.05, 4.69) is 21.2 Å². The second kappa shape index (κ2) is 14.6. The number of amides is 2. The number of hydrogen-bond acceptors (Lipinski definition) is 4. The lowest BCUT2D eigenvalue weighted by Gasteiger charge is -2.34. The van der Waals surface area contributed by atoms with Crippen LogP contribution in [0.5, 0.6) is 0 Å². The summed E-state index contributed by atoms with van der Waals surface area (Å²) in [6.45, 7) is 3.20. The molecule has 0 aliphatic rings. The molecule has 0 saturated heterocycles. The maximum Gasteiger partial charge on any atom is 0.416 e. The molecule has 0 aliphatic carbocycles. The van der Waals surface area contributed by atoms with Crippen molar-refractivity contribution in [3.63, 3.8) is 0 Å². The number of carbonyl (C=O) groups is 2. The van der Waals surface area contributed by atoms with Crippen LogP contribution in [0.2, 0.25) is 5.02 Å². The third-order valence-corrected chi connectivity index (χ3v) is 8.42. The van der Waals surface area contributed by atoms with Gasteiger partial charge in [-0.1, -0.05) is 83.8 Å². The summed E-state index contributed by atoms with van der Waals surface area (Å²) < 4.78 is 67.7. The fraction of sp³-hybridized carbons (Fsp3) is 0.333. The van der Waals surface area contributed by atoms with Crippen LogP contribution in [-0.2, 0) is 38.8 Å². The molecule has 0 bridgehead atoms. The molecule has 0 aliphatic heterocycles. The summed E-state index contributed by atoms with van der Waals surface area (Å²) >= 11 is 9.55. The van der Waals surface area contributed by atoms with Crippen molar-refractivity contribution in [3.05, 3.63) is 99.0 Å². The highest BCUT2D eigenvalue weighted by Gasteiger charge is 2.36. The SMILES string of the molecule is CC(C)CNC(=O)[C@@H](Cc1ccccc1)N(Cc1ccc(Br)cc1)C(=O)CN(c1cc(C(F)(F)F)ccc1Cl)S(C)(=O)=O. The summed E-state index contributed by atoms with van der Waals surface area (Å²) in [6.07, 6.45) is -3.90. The predicted octanol–water partition coefficient (Wildman–Crippen LogP) is 6.30. The van der Waals surface area contributed by atoms with E-state index in [4.69, 9.17) is 11.6 Å². The minimum atomic E-state index is -4.78. The molecule has 43 heavy (non-hydrogen) atoms. The van der Waals surface area contributed by atoms with Crippen LogP contribution in [0.1, 0.15) is 30.5 Å². The van der Waals surface area contributed by atoms with Crippen molar-refractivity contribution < 1.29 is 31.2 Å². The Bertz CT molecular complexity index is 1520. The Morgan fingerprint density at radius 2 is 1.60 bits per heavy atom. The van der Waals surface area contributed by atoms with Crippen LogP contribution in [0.4, 0.5) is 18.9 Å². The maximum atomic E-state index is 14.1. The van der Waals surface area contributed by atoms with Crippen molar-refractivity contribution >= 4 is 55.1 Å². The van der Waals surface area contributed by atoms with Gasteiger partial charge in [0.2, 0.25) is 21.8 Å². The first-order valence-electron chi connectivity index (χ1n) is 13.3. The van der Waals surface area contributed by atoms with Crippen molar-refractivity contribution in [1.29, 1.82) is 0 Å². The average molecular weight is 703 g/mol. The highest BCUT2D eigenvalue weighted by molar-refractivity contribution is 9.10. The van der Waals surface area contributed by atoms with Gasteiger partial charge >= 0.3 is 6.18 Å². The fourth-order valence-corrected chi connectivity index (χ4v) is 5.63. The molecule has 3 aromatic rings. The van der Waals surface area contributed by atoms with Gasteiger partial charge in [0, 0.05) is 24.0 Å². The Morgan fingerprint density at radius 1 is 0.977 bits per heavy atom. The van der Waals surface area contributed by atoms with E-state index in [0.717, 1.165) is 28.4 Å². The first-order valence-corrected chi connectivity index (χ1v) is 16.3. The summed E-state index contributed by atoms with van der Waals surface area (Å²) in [5, 5.41) is 2.57. The molecule has 0 heterocycles. The van der Waals surface area contributed by atoms with Gasteiger partial charge in [-0.15, -0.1) is 0 Å². The van der Waals surface area contributed by atoms with Crippen molar-refractivity contribution in [2.75, 3.05) is 23.7 Å². The summed E-state index contributed by atoms with van der Waals surface area (Å²) in [4.78, 5) is 28.9.